The van der Waals surface area contributed by atoms with Crippen molar-refractivity contribution in [2.24, 2.45) is 10.9 Å². The van der Waals surface area contributed by atoms with Crippen molar-refractivity contribution in [2.75, 3.05) is 27.2 Å². The predicted octanol–water partition coefficient (Wildman–Crippen LogP) is 2.60. The van der Waals surface area contributed by atoms with E-state index in [1.165, 1.54) is 17.8 Å². The maximum atomic E-state index is 6.59. The average Bonchev–Trinajstić information content (AvgIpc) is 2.54. The maximum Gasteiger partial charge on any atom is 0.154 e. The molecule has 0 saturated heterocycles. The van der Waals surface area contributed by atoms with Gasteiger partial charge in [-0.1, -0.05) is 20.8 Å². The fraction of sp³-hybridized carbons (Fsp3) is 0.895. The maximum absolute atomic E-state index is 6.59. The summed E-state index contributed by atoms with van der Waals surface area (Å²) < 4.78 is 8.87. The molecule has 0 bridgehead atoms. The molecule has 3 aliphatic rings. The minimum Gasteiger partial charge on any atom is -0.366 e. The molecule has 130 valence electrons. The van der Waals surface area contributed by atoms with E-state index in [9.17, 15) is 0 Å². The van der Waals surface area contributed by atoms with Gasteiger partial charge >= 0.3 is 0 Å². The highest BCUT2D eigenvalue weighted by molar-refractivity contribution is 5.91. The van der Waals surface area contributed by atoms with Gasteiger partial charge in [0.05, 0.1) is 24.7 Å². The lowest BCUT2D eigenvalue weighted by molar-refractivity contribution is -0.468. The molecular formula is C19H34N3O+. The van der Waals surface area contributed by atoms with Gasteiger partial charge in [-0.3, -0.25) is 4.99 Å². The molecule has 0 N–H and O–H groups in total. The van der Waals surface area contributed by atoms with Crippen molar-refractivity contribution in [3.8, 4) is 0 Å². The Kier molecular flexibility index (Phi) is 5.22. The second-order valence-corrected chi connectivity index (χ2v) is 7.76. The van der Waals surface area contributed by atoms with Crippen molar-refractivity contribution < 1.29 is 9.31 Å². The average molecular weight is 321 g/mol. The third-order valence-corrected chi connectivity index (χ3v) is 6.19. The van der Waals surface area contributed by atoms with E-state index in [1.807, 2.05) is 0 Å². The van der Waals surface area contributed by atoms with Crippen LogP contribution < -0.4 is 0 Å². The molecule has 4 heteroatoms. The van der Waals surface area contributed by atoms with Crippen LogP contribution in [0.15, 0.2) is 4.99 Å². The third-order valence-electron chi connectivity index (χ3n) is 6.19. The van der Waals surface area contributed by atoms with Crippen LogP contribution in [0.1, 0.15) is 52.9 Å². The molecule has 5 unspecified atom stereocenters. The van der Waals surface area contributed by atoms with E-state index in [2.05, 4.69) is 44.3 Å². The van der Waals surface area contributed by atoms with Gasteiger partial charge in [0, 0.05) is 18.2 Å². The van der Waals surface area contributed by atoms with Gasteiger partial charge in [0.25, 0.3) is 0 Å². The molecule has 0 aromatic rings. The summed E-state index contributed by atoms with van der Waals surface area (Å²) in [6.07, 6.45) is 6.22. The normalized spacial score (nSPS) is 37.2. The summed E-state index contributed by atoms with van der Waals surface area (Å²) in [6.45, 7) is 9.21. The molecule has 2 aliphatic carbocycles. The molecule has 0 amide bonds. The van der Waals surface area contributed by atoms with Crippen LogP contribution in [-0.2, 0) is 4.74 Å². The summed E-state index contributed by atoms with van der Waals surface area (Å²) in [5.41, 5.74) is 2.88. The molecule has 1 heterocycles. The fourth-order valence-electron chi connectivity index (χ4n) is 4.74. The van der Waals surface area contributed by atoms with Gasteiger partial charge in [-0.15, -0.1) is 0 Å². The first-order chi connectivity index (χ1) is 11.0. The molecule has 0 spiro atoms. The van der Waals surface area contributed by atoms with Crippen molar-refractivity contribution in [2.45, 2.75) is 77.2 Å². The summed E-state index contributed by atoms with van der Waals surface area (Å²) in [6, 6.07) is 1.05. The number of fused-ring (bicyclic) bond motifs is 2. The molecular weight excluding hydrogens is 286 g/mol. The van der Waals surface area contributed by atoms with E-state index in [4.69, 9.17) is 9.73 Å². The van der Waals surface area contributed by atoms with Gasteiger partial charge in [0.15, 0.2) is 5.71 Å². The Labute approximate surface area is 141 Å². The fourth-order valence-corrected chi connectivity index (χ4v) is 4.74. The Bertz CT molecular complexity index is 491. The quantitative estimate of drug-likeness (QED) is 0.748. The zero-order chi connectivity index (χ0) is 16.6. The molecule has 2 fully saturated rings. The Balaban J connectivity index is 1.75. The molecule has 4 nitrogen and oxygen atoms in total. The molecule has 0 radical (unpaired) electrons. The van der Waals surface area contributed by atoms with Gasteiger partial charge in [0.2, 0.25) is 0 Å². The van der Waals surface area contributed by atoms with Crippen molar-refractivity contribution in [3.63, 3.8) is 0 Å². The second-order valence-electron chi connectivity index (χ2n) is 7.76. The van der Waals surface area contributed by atoms with Gasteiger partial charge in [-0.25, -0.2) is 4.58 Å². The molecule has 0 aromatic carbocycles. The van der Waals surface area contributed by atoms with E-state index >= 15 is 0 Å². The minimum atomic E-state index is 0.263. The SMILES string of the molecule is CCN(CC)C1CC2OC3CC(=[N+](C)C)CCC3N=C2CC1C. The first-order valence-corrected chi connectivity index (χ1v) is 9.51. The highest BCUT2D eigenvalue weighted by atomic mass is 16.5. The van der Waals surface area contributed by atoms with Crippen molar-refractivity contribution in [3.05, 3.63) is 0 Å². The van der Waals surface area contributed by atoms with Crippen LogP contribution in [0.5, 0.6) is 0 Å². The van der Waals surface area contributed by atoms with Crippen LogP contribution in [0, 0.1) is 5.92 Å². The summed E-state index contributed by atoms with van der Waals surface area (Å²) in [7, 11) is 4.32. The number of aliphatic imine (C=N–C) groups is 1. The predicted molar refractivity (Wildman–Crippen MR) is 96.0 cm³/mol. The zero-order valence-electron chi connectivity index (χ0n) is 15.6. The third kappa shape index (κ3) is 3.39. The van der Waals surface area contributed by atoms with E-state index in [-0.39, 0.29) is 6.10 Å². The Morgan fingerprint density at radius 2 is 1.96 bits per heavy atom. The highest BCUT2D eigenvalue weighted by Gasteiger charge is 2.43. The lowest BCUT2D eigenvalue weighted by Gasteiger charge is -2.46. The van der Waals surface area contributed by atoms with Crippen LogP contribution in [0.25, 0.3) is 0 Å². The Morgan fingerprint density at radius 1 is 1.22 bits per heavy atom. The van der Waals surface area contributed by atoms with Crippen molar-refractivity contribution in [1.29, 1.82) is 0 Å². The number of hydrogen-bond donors (Lipinski definition) is 0. The van der Waals surface area contributed by atoms with Crippen molar-refractivity contribution >= 4 is 11.4 Å². The van der Waals surface area contributed by atoms with Gasteiger partial charge in [0.1, 0.15) is 14.1 Å². The minimum absolute atomic E-state index is 0.263. The Morgan fingerprint density at radius 3 is 2.61 bits per heavy atom. The monoisotopic (exact) mass is 320 g/mol. The standard InChI is InChI=1S/C19H34N3O/c1-6-22(7-2)17-12-19-16(10-13(17)3)20-15-9-8-14(21(4)5)11-18(15)23-19/h13,15,17-19H,6-12H2,1-5H3/q+1. The van der Waals surface area contributed by atoms with Gasteiger partial charge in [-0.05, 0) is 38.3 Å². The summed E-state index contributed by atoms with van der Waals surface area (Å²) in [5, 5.41) is 0. The van der Waals surface area contributed by atoms with Crippen LogP contribution in [0.2, 0.25) is 0 Å². The molecule has 5 atom stereocenters. The first kappa shape index (κ1) is 17.1. The topological polar surface area (TPSA) is 27.8 Å². The van der Waals surface area contributed by atoms with E-state index < -0.39 is 0 Å². The van der Waals surface area contributed by atoms with E-state index in [0.29, 0.717) is 24.1 Å². The first-order valence-electron chi connectivity index (χ1n) is 9.51. The molecule has 3 rings (SSSR count). The number of nitrogens with zero attached hydrogens (tertiary/aromatic N) is 3. The summed E-state index contributed by atoms with van der Waals surface area (Å²) >= 11 is 0. The van der Waals surface area contributed by atoms with Gasteiger partial charge in [-0.2, -0.15) is 0 Å². The molecule has 23 heavy (non-hydrogen) atoms. The highest BCUT2D eigenvalue weighted by Crippen LogP contribution is 2.35. The van der Waals surface area contributed by atoms with Crippen molar-refractivity contribution in [1.82, 2.24) is 4.90 Å². The number of ether oxygens (including phenoxy) is 1. The zero-order valence-corrected chi connectivity index (χ0v) is 15.6. The smallest absolute Gasteiger partial charge is 0.154 e. The van der Waals surface area contributed by atoms with Crippen LogP contribution in [0.4, 0.5) is 0 Å². The van der Waals surface area contributed by atoms with Crippen LogP contribution in [-0.4, -0.2) is 72.4 Å². The largest absolute Gasteiger partial charge is 0.366 e. The Hall–Kier alpha value is -0.740. The van der Waals surface area contributed by atoms with Crippen LogP contribution >= 0.6 is 0 Å². The summed E-state index contributed by atoms with van der Waals surface area (Å²) in [4.78, 5) is 7.76. The van der Waals surface area contributed by atoms with Crippen LogP contribution in [0.3, 0.4) is 0 Å². The number of hydrogen-bond acceptors (Lipinski definition) is 3. The summed E-state index contributed by atoms with van der Waals surface area (Å²) in [5.74, 6) is 0.692. The molecule has 0 aromatic heterocycles. The lowest BCUT2D eigenvalue weighted by Crippen LogP contribution is -2.54. The molecule has 2 saturated carbocycles. The van der Waals surface area contributed by atoms with E-state index in [0.717, 1.165) is 38.8 Å². The molecule has 1 aliphatic heterocycles. The van der Waals surface area contributed by atoms with E-state index in [1.54, 1.807) is 0 Å². The lowest BCUT2D eigenvalue weighted by atomic mass is 9.79. The van der Waals surface area contributed by atoms with Gasteiger partial charge < -0.3 is 9.64 Å². The number of rotatable bonds is 3. The second kappa shape index (κ2) is 7.02.